The van der Waals surface area contributed by atoms with E-state index >= 15 is 0 Å². The van der Waals surface area contributed by atoms with Crippen LogP contribution in [0.25, 0.3) is 6.08 Å². The highest BCUT2D eigenvalue weighted by molar-refractivity contribution is 9.10. The molecule has 0 radical (unpaired) electrons. The van der Waals surface area contributed by atoms with Crippen LogP contribution in [-0.2, 0) is 10.1 Å². The third kappa shape index (κ3) is 4.54. The fourth-order valence-corrected chi connectivity index (χ4v) is 2.59. The topological polar surface area (TPSA) is 43.4 Å². The number of benzene rings is 2. The van der Waals surface area contributed by atoms with E-state index in [-0.39, 0.29) is 0 Å². The molecule has 0 aliphatic heterocycles. The molecule has 0 saturated heterocycles. The molecule has 0 atom stereocenters. The molecule has 2 rings (SSSR count). The van der Waals surface area contributed by atoms with Gasteiger partial charge in [-0.15, -0.1) is 0 Å². The van der Waals surface area contributed by atoms with E-state index in [4.69, 9.17) is 4.18 Å². The van der Waals surface area contributed by atoms with Gasteiger partial charge in [0.2, 0.25) is 0 Å². The second-order valence-corrected chi connectivity index (χ2v) is 6.09. The molecule has 98 valence electrons. The lowest BCUT2D eigenvalue weighted by Gasteiger charge is -2.02. The van der Waals surface area contributed by atoms with Gasteiger partial charge in [0.05, 0.1) is 5.41 Å². The minimum Gasteiger partial charge on any atom is -0.379 e. The van der Waals surface area contributed by atoms with Crippen molar-refractivity contribution in [2.45, 2.75) is 0 Å². The van der Waals surface area contributed by atoms with Crippen LogP contribution >= 0.6 is 15.9 Å². The number of hydrogen-bond donors (Lipinski definition) is 0. The van der Waals surface area contributed by atoms with E-state index in [2.05, 4.69) is 15.9 Å². The molecule has 5 heteroatoms. The van der Waals surface area contributed by atoms with Crippen LogP contribution in [0.4, 0.5) is 0 Å². The Morgan fingerprint density at radius 3 is 2.42 bits per heavy atom. The second-order valence-electron chi connectivity index (χ2n) is 3.75. The molecular weight excluding hydrogens is 328 g/mol. The van der Waals surface area contributed by atoms with Gasteiger partial charge in [-0.2, -0.15) is 8.42 Å². The summed E-state index contributed by atoms with van der Waals surface area (Å²) in [5, 5.41) is 1.04. The first-order valence-electron chi connectivity index (χ1n) is 5.48. The fourth-order valence-electron chi connectivity index (χ4n) is 1.41. The third-order valence-electron chi connectivity index (χ3n) is 2.23. The maximum absolute atomic E-state index is 11.7. The molecule has 0 amide bonds. The first-order valence-corrected chi connectivity index (χ1v) is 7.75. The highest BCUT2D eigenvalue weighted by atomic mass is 79.9. The first-order chi connectivity index (χ1) is 9.05. The summed E-state index contributed by atoms with van der Waals surface area (Å²) < 4.78 is 29.3. The van der Waals surface area contributed by atoms with Crippen molar-refractivity contribution in [3.05, 3.63) is 70.0 Å². The Morgan fingerprint density at radius 1 is 1.00 bits per heavy atom. The summed E-state index contributed by atoms with van der Waals surface area (Å²) in [6.07, 6.45) is 1.49. The zero-order valence-corrected chi connectivity index (χ0v) is 12.3. The third-order valence-corrected chi connectivity index (χ3v) is 3.62. The van der Waals surface area contributed by atoms with Crippen LogP contribution in [0.3, 0.4) is 0 Å². The Bertz CT molecular complexity index is 679. The van der Waals surface area contributed by atoms with Gasteiger partial charge >= 0.3 is 10.1 Å². The van der Waals surface area contributed by atoms with Crippen molar-refractivity contribution in [1.82, 2.24) is 0 Å². The first kappa shape index (κ1) is 13.8. The van der Waals surface area contributed by atoms with Gasteiger partial charge in [0.15, 0.2) is 0 Å². The Morgan fingerprint density at radius 2 is 1.74 bits per heavy atom. The average Bonchev–Trinajstić information content (AvgIpc) is 2.37. The molecule has 0 saturated carbocycles. The van der Waals surface area contributed by atoms with Crippen molar-refractivity contribution in [2.75, 3.05) is 0 Å². The molecule has 0 fully saturated rings. The lowest BCUT2D eigenvalue weighted by Crippen LogP contribution is -2.04. The van der Waals surface area contributed by atoms with E-state index in [1.54, 1.807) is 36.4 Å². The largest absolute Gasteiger partial charge is 0.379 e. The SMILES string of the molecule is O=S(=O)(/C=C/c1cccc(Br)c1)Oc1ccccc1. The monoisotopic (exact) mass is 338 g/mol. The number of para-hydroxylation sites is 1. The van der Waals surface area contributed by atoms with E-state index in [0.29, 0.717) is 5.75 Å². The Hall–Kier alpha value is -1.59. The highest BCUT2D eigenvalue weighted by Gasteiger charge is 2.07. The van der Waals surface area contributed by atoms with Gasteiger partial charge in [0.25, 0.3) is 0 Å². The molecule has 0 heterocycles. The van der Waals surface area contributed by atoms with E-state index in [9.17, 15) is 8.42 Å². The molecule has 0 N–H and O–H groups in total. The quantitative estimate of drug-likeness (QED) is 0.795. The number of hydrogen-bond acceptors (Lipinski definition) is 3. The van der Waals surface area contributed by atoms with Crippen molar-refractivity contribution >= 4 is 32.1 Å². The molecule has 19 heavy (non-hydrogen) atoms. The van der Waals surface area contributed by atoms with Crippen molar-refractivity contribution in [1.29, 1.82) is 0 Å². The molecule has 0 aliphatic carbocycles. The van der Waals surface area contributed by atoms with Crippen LogP contribution in [0.15, 0.2) is 64.5 Å². The van der Waals surface area contributed by atoms with Gasteiger partial charge in [-0.25, -0.2) is 0 Å². The predicted molar refractivity (Wildman–Crippen MR) is 79.2 cm³/mol. The van der Waals surface area contributed by atoms with Crippen molar-refractivity contribution in [3.8, 4) is 5.75 Å². The lowest BCUT2D eigenvalue weighted by molar-refractivity contribution is 0.497. The predicted octanol–water partition coefficient (Wildman–Crippen LogP) is 3.83. The standard InChI is InChI=1S/C14H11BrO3S/c15-13-6-4-5-12(11-13)9-10-19(16,17)18-14-7-2-1-3-8-14/h1-11H/b10-9+. The maximum atomic E-state index is 11.7. The van der Waals surface area contributed by atoms with Crippen molar-refractivity contribution < 1.29 is 12.6 Å². The Kier molecular flexibility index (Phi) is 4.39. The molecular formula is C14H11BrO3S. The average molecular weight is 339 g/mol. The number of rotatable bonds is 4. The smallest absolute Gasteiger partial charge is 0.332 e. The van der Waals surface area contributed by atoms with Crippen LogP contribution < -0.4 is 4.18 Å². The summed E-state index contributed by atoms with van der Waals surface area (Å²) in [5.41, 5.74) is 0.773. The summed E-state index contributed by atoms with van der Waals surface area (Å²) in [7, 11) is -3.74. The van der Waals surface area contributed by atoms with Gasteiger partial charge in [-0.05, 0) is 35.9 Å². The zero-order valence-electron chi connectivity index (χ0n) is 9.86. The molecule has 2 aromatic rings. The summed E-state index contributed by atoms with van der Waals surface area (Å²) in [6.45, 7) is 0. The van der Waals surface area contributed by atoms with E-state index < -0.39 is 10.1 Å². The van der Waals surface area contributed by atoms with Crippen LogP contribution in [0.5, 0.6) is 5.75 Å². The van der Waals surface area contributed by atoms with Gasteiger partial charge < -0.3 is 4.18 Å². The van der Waals surface area contributed by atoms with Gasteiger partial charge in [0, 0.05) is 4.47 Å². The van der Waals surface area contributed by atoms with Crippen molar-refractivity contribution in [2.24, 2.45) is 0 Å². The minimum absolute atomic E-state index is 0.293. The van der Waals surface area contributed by atoms with E-state index in [0.717, 1.165) is 15.4 Å². The molecule has 2 aromatic carbocycles. The molecule has 0 aromatic heterocycles. The van der Waals surface area contributed by atoms with Crippen molar-refractivity contribution in [3.63, 3.8) is 0 Å². The normalized spacial score (nSPS) is 11.6. The Balaban J connectivity index is 2.13. The highest BCUT2D eigenvalue weighted by Crippen LogP contribution is 2.15. The molecule has 0 aliphatic rings. The molecule has 3 nitrogen and oxygen atoms in total. The summed E-state index contributed by atoms with van der Waals surface area (Å²) >= 11 is 3.32. The molecule has 0 spiro atoms. The second kappa shape index (κ2) is 6.04. The summed E-state index contributed by atoms with van der Waals surface area (Å²) in [6, 6.07) is 15.7. The van der Waals surface area contributed by atoms with Crippen LogP contribution in [0.2, 0.25) is 0 Å². The maximum Gasteiger partial charge on any atom is 0.332 e. The van der Waals surface area contributed by atoms with Gasteiger partial charge in [0.1, 0.15) is 5.75 Å². The summed E-state index contributed by atoms with van der Waals surface area (Å²) in [4.78, 5) is 0. The lowest BCUT2D eigenvalue weighted by atomic mass is 10.2. The minimum atomic E-state index is -3.74. The Labute approximate surface area is 120 Å². The molecule has 0 unspecified atom stereocenters. The summed E-state index contributed by atoms with van der Waals surface area (Å²) in [5.74, 6) is 0.293. The van der Waals surface area contributed by atoms with Crippen LogP contribution in [0, 0.1) is 0 Å². The van der Waals surface area contributed by atoms with E-state index in [1.807, 2.05) is 18.2 Å². The van der Waals surface area contributed by atoms with Gasteiger partial charge in [-0.3, -0.25) is 0 Å². The molecule has 0 bridgehead atoms. The zero-order chi connectivity index (χ0) is 13.7. The van der Waals surface area contributed by atoms with Gasteiger partial charge in [-0.1, -0.05) is 46.3 Å². The van der Waals surface area contributed by atoms with Crippen LogP contribution in [0.1, 0.15) is 5.56 Å². The van der Waals surface area contributed by atoms with E-state index in [1.165, 1.54) is 6.08 Å². The van der Waals surface area contributed by atoms with Crippen LogP contribution in [-0.4, -0.2) is 8.42 Å². The number of halogens is 1. The fraction of sp³-hybridized carbons (Fsp3) is 0.